The lowest BCUT2D eigenvalue weighted by molar-refractivity contribution is -0.118. The van der Waals surface area contributed by atoms with Crippen molar-refractivity contribution in [3.8, 4) is 0 Å². The molecule has 1 aliphatic heterocycles. The molecule has 1 aliphatic rings. The molecule has 1 atom stereocenters. The van der Waals surface area contributed by atoms with E-state index in [2.05, 4.69) is 10.6 Å². The molecule has 0 radical (unpaired) electrons. The number of piperidine rings is 1. The number of rotatable bonds is 8. The average Bonchev–Trinajstić information content (AvgIpc) is 2.90. The van der Waals surface area contributed by atoms with Crippen molar-refractivity contribution in [1.29, 1.82) is 0 Å². The Balaban J connectivity index is 1.53. The van der Waals surface area contributed by atoms with E-state index in [0.717, 1.165) is 24.8 Å². The third kappa shape index (κ3) is 6.35. The van der Waals surface area contributed by atoms with Crippen LogP contribution in [0.3, 0.4) is 0 Å². The lowest BCUT2D eigenvalue weighted by Crippen LogP contribution is -2.45. The normalized spacial score (nSPS) is 15.2. The fraction of sp³-hybridized carbons (Fsp3) is 0.259. The van der Waals surface area contributed by atoms with Gasteiger partial charge >= 0.3 is 0 Å². The third-order valence-electron chi connectivity index (χ3n) is 5.99. The van der Waals surface area contributed by atoms with Crippen molar-refractivity contribution in [2.45, 2.75) is 36.6 Å². The fourth-order valence-electron chi connectivity index (χ4n) is 4.11. The predicted octanol–water partition coefficient (Wildman–Crippen LogP) is 3.84. The van der Waals surface area contributed by atoms with Gasteiger partial charge in [-0.3, -0.25) is 9.59 Å². The molecule has 2 amide bonds. The summed E-state index contributed by atoms with van der Waals surface area (Å²) in [4.78, 5) is 26.2. The molecular weight excluding hydrogens is 462 g/mol. The minimum absolute atomic E-state index is 0.144. The van der Waals surface area contributed by atoms with E-state index in [4.69, 9.17) is 0 Å². The molecule has 1 unspecified atom stereocenters. The van der Waals surface area contributed by atoms with Gasteiger partial charge < -0.3 is 10.6 Å². The minimum Gasteiger partial charge on any atom is -0.340 e. The molecule has 0 saturated carbocycles. The van der Waals surface area contributed by atoms with E-state index in [-0.39, 0.29) is 17.2 Å². The molecule has 7 nitrogen and oxygen atoms in total. The second-order valence-corrected chi connectivity index (χ2v) is 10.5. The van der Waals surface area contributed by atoms with Gasteiger partial charge in [-0.15, -0.1) is 0 Å². The zero-order valence-electron chi connectivity index (χ0n) is 19.4. The Labute approximate surface area is 206 Å². The summed E-state index contributed by atoms with van der Waals surface area (Å²) < 4.78 is 27.6. The monoisotopic (exact) mass is 491 g/mol. The molecule has 3 aromatic rings. The van der Waals surface area contributed by atoms with Gasteiger partial charge in [0.15, 0.2) is 0 Å². The molecule has 35 heavy (non-hydrogen) atoms. The maximum atomic E-state index is 13.3. The highest BCUT2D eigenvalue weighted by molar-refractivity contribution is 7.89. The summed E-state index contributed by atoms with van der Waals surface area (Å²) in [5.41, 5.74) is 1.70. The smallest absolute Gasteiger partial charge is 0.251 e. The Bertz CT molecular complexity index is 1260. The standard InChI is InChI=1S/C27H29N3O4S/c31-26(22-13-6-2-7-14-22)29-25(19-21-11-4-1-5-12-21)27(32)28-23-15-10-16-24(20-23)35(33,34)30-17-8-3-9-18-30/h1-2,4-7,10-16,20,25H,3,8-9,17-19H2,(H,28,32)(H,29,31). The summed E-state index contributed by atoms with van der Waals surface area (Å²) in [6.45, 7) is 1.01. The second kappa shape index (κ2) is 11.3. The van der Waals surface area contributed by atoms with Gasteiger partial charge in [-0.1, -0.05) is 61.0 Å². The van der Waals surface area contributed by atoms with Crippen LogP contribution in [0.4, 0.5) is 5.69 Å². The topological polar surface area (TPSA) is 95.6 Å². The van der Waals surface area contributed by atoms with E-state index in [1.165, 1.54) is 16.4 Å². The van der Waals surface area contributed by atoms with Crippen molar-refractivity contribution < 1.29 is 18.0 Å². The van der Waals surface area contributed by atoms with Crippen LogP contribution in [0, 0.1) is 0 Å². The Kier molecular flexibility index (Phi) is 7.94. The molecule has 2 N–H and O–H groups in total. The minimum atomic E-state index is -3.63. The number of sulfonamides is 1. The van der Waals surface area contributed by atoms with Crippen molar-refractivity contribution in [3.63, 3.8) is 0 Å². The SMILES string of the molecule is O=C(NC(Cc1ccccc1)C(=O)Nc1cccc(S(=O)(=O)N2CCCCC2)c1)c1ccccc1. The number of anilines is 1. The van der Waals surface area contributed by atoms with Crippen molar-refractivity contribution in [1.82, 2.24) is 9.62 Å². The van der Waals surface area contributed by atoms with Crippen molar-refractivity contribution in [2.24, 2.45) is 0 Å². The molecule has 0 spiro atoms. The molecule has 8 heteroatoms. The highest BCUT2D eigenvalue weighted by Crippen LogP contribution is 2.23. The average molecular weight is 492 g/mol. The number of nitrogens with zero attached hydrogens (tertiary/aromatic N) is 1. The van der Waals surface area contributed by atoms with E-state index >= 15 is 0 Å². The van der Waals surface area contributed by atoms with Gasteiger partial charge in [0.2, 0.25) is 15.9 Å². The number of nitrogens with one attached hydrogen (secondary N) is 2. The van der Waals surface area contributed by atoms with Crippen LogP contribution in [0.1, 0.15) is 35.2 Å². The van der Waals surface area contributed by atoms with Crippen molar-refractivity contribution in [2.75, 3.05) is 18.4 Å². The molecule has 0 aliphatic carbocycles. The summed E-state index contributed by atoms with van der Waals surface area (Å²) in [5, 5.41) is 5.62. The quantitative estimate of drug-likeness (QED) is 0.501. The second-order valence-electron chi connectivity index (χ2n) is 8.56. The maximum absolute atomic E-state index is 13.3. The van der Waals surface area contributed by atoms with Crippen molar-refractivity contribution in [3.05, 3.63) is 96.1 Å². The number of amides is 2. The lowest BCUT2D eigenvalue weighted by atomic mass is 10.0. The van der Waals surface area contributed by atoms with Crippen LogP contribution in [0.2, 0.25) is 0 Å². The first-order chi connectivity index (χ1) is 16.9. The largest absolute Gasteiger partial charge is 0.340 e. The molecule has 182 valence electrons. The zero-order chi connectivity index (χ0) is 24.7. The zero-order valence-corrected chi connectivity index (χ0v) is 20.2. The van der Waals surface area contributed by atoms with Gasteiger partial charge in [0, 0.05) is 30.8 Å². The van der Waals surface area contributed by atoms with E-state index in [1.807, 2.05) is 36.4 Å². The van der Waals surface area contributed by atoms with Gasteiger partial charge in [-0.05, 0) is 48.7 Å². The Morgan fingerprint density at radius 1 is 0.829 bits per heavy atom. The molecule has 4 rings (SSSR count). The predicted molar refractivity (Wildman–Crippen MR) is 136 cm³/mol. The fourth-order valence-corrected chi connectivity index (χ4v) is 5.67. The van der Waals surface area contributed by atoms with Gasteiger partial charge in [-0.2, -0.15) is 4.31 Å². The summed E-state index contributed by atoms with van der Waals surface area (Å²) in [5.74, 6) is -0.784. The van der Waals surface area contributed by atoms with E-state index in [9.17, 15) is 18.0 Å². The number of hydrogen-bond donors (Lipinski definition) is 2. The van der Waals surface area contributed by atoms with Crippen LogP contribution in [-0.2, 0) is 21.2 Å². The highest BCUT2D eigenvalue weighted by atomic mass is 32.2. The first-order valence-electron chi connectivity index (χ1n) is 11.7. The molecule has 0 aromatic heterocycles. The van der Waals surface area contributed by atoms with Gasteiger partial charge in [0.1, 0.15) is 6.04 Å². The number of carbonyl (C=O) groups excluding carboxylic acids is 2. The molecule has 0 bridgehead atoms. The Hall–Kier alpha value is -3.49. The molecule has 1 fully saturated rings. The van der Waals surface area contributed by atoms with Crippen molar-refractivity contribution >= 4 is 27.5 Å². The van der Waals surface area contributed by atoms with Crippen LogP contribution >= 0.6 is 0 Å². The van der Waals surface area contributed by atoms with Crippen LogP contribution in [0.15, 0.2) is 89.8 Å². The Morgan fingerprint density at radius 3 is 2.17 bits per heavy atom. The van der Waals surface area contributed by atoms with Crippen LogP contribution < -0.4 is 10.6 Å². The van der Waals surface area contributed by atoms with E-state index < -0.39 is 22.0 Å². The summed E-state index contributed by atoms with van der Waals surface area (Å²) in [6.07, 6.45) is 3.01. The molecule has 1 saturated heterocycles. The molecular formula is C27H29N3O4S. The number of benzene rings is 3. The first kappa shape index (κ1) is 24.6. The Morgan fingerprint density at radius 2 is 1.49 bits per heavy atom. The molecule has 1 heterocycles. The van der Waals surface area contributed by atoms with E-state index in [0.29, 0.717) is 24.3 Å². The van der Waals surface area contributed by atoms with Gasteiger partial charge in [0.25, 0.3) is 5.91 Å². The molecule has 3 aromatic carbocycles. The van der Waals surface area contributed by atoms with Gasteiger partial charge in [-0.25, -0.2) is 8.42 Å². The van der Waals surface area contributed by atoms with Crippen LogP contribution in [0.25, 0.3) is 0 Å². The highest BCUT2D eigenvalue weighted by Gasteiger charge is 2.27. The number of hydrogen-bond acceptors (Lipinski definition) is 4. The van der Waals surface area contributed by atoms with Crippen LogP contribution in [0.5, 0.6) is 0 Å². The van der Waals surface area contributed by atoms with Gasteiger partial charge in [0.05, 0.1) is 4.90 Å². The maximum Gasteiger partial charge on any atom is 0.251 e. The number of carbonyl (C=O) groups is 2. The third-order valence-corrected chi connectivity index (χ3v) is 7.89. The lowest BCUT2D eigenvalue weighted by Gasteiger charge is -2.26. The summed E-state index contributed by atoms with van der Waals surface area (Å²) >= 11 is 0. The summed E-state index contributed by atoms with van der Waals surface area (Å²) in [7, 11) is -3.63. The van der Waals surface area contributed by atoms with E-state index in [1.54, 1.807) is 36.4 Å². The first-order valence-corrected chi connectivity index (χ1v) is 13.2. The summed E-state index contributed by atoms with van der Waals surface area (Å²) in [6, 6.07) is 23.5. The van der Waals surface area contributed by atoms with Crippen LogP contribution in [-0.4, -0.2) is 43.7 Å².